The van der Waals surface area contributed by atoms with Gasteiger partial charge in [0.05, 0.1) is 19.1 Å². The second kappa shape index (κ2) is 7.30. The smallest absolute Gasteiger partial charge is 0.0573 e. The average Bonchev–Trinajstić information content (AvgIpc) is 3.09. The van der Waals surface area contributed by atoms with E-state index in [0.717, 1.165) is 0 Å². The Bertz CT molecular complexity index is 1250. The van der Waals surface area contributed by atoms with Crippen LogP contribution in [0.1, 0.15) is 16.7 Å². The Morgan fingerprint density at radius 2 is 1.00 bits per heavy atom. The predicted octanol–water partition coefficient (Wildman–Crippen LogP) is 7.79. The molecule has 1 nitrogen and oxygen atoms in total. The summed E-state index contributed by atoms with van der Waals surface area (Å²) in [5.41, 5.74) is 7.09. The van der Waals surface area contributed by atoms with Gasteiger partial charge in [-0.2, -0.15) is 0 Å². The van der Waals surface area contributed by atoms with E-state index in [1.54, 1.807) is 0 Å². The summed E-state index contributed by atoms with van der Waals surface area (Å²) in [7, 11) is -1.45. The highest BCUT2D eigenvalue weighted by atomic mass is 28.3. The average molecular weight is 406 g/mol. The normalized spacial score (nSPS) is 13.0. The maximum absolute atomic E-state index is 2.46. The fourth-order valence-corrected chi connectivity index (χ4v) is 7.24. The van der Waals surface area contributed by atoms with Crippen LogP contribution in [0.4, 0.5) is 0 Å². The fourth-order valence-electron chi connectivity index (χ4n) is 4.85. The van der Waals surface area contributed by atoms with E-state index in [-0.39, 0.29) is 0 Å². The van der Waals surface area contributed by atoms with Crippen molar-refractivity contribution in [3.8, 4) is 5.69 Å². The highest BCUT2D eigenvalue weighted by Crippen LogP contribution is 2.36. The first kappa shape index (κ1) is 18.9. The molecule has 1 aromatic heterocycles. The van der Waals surface area contributed by atoms with E-state index >= 15 is 0 Å². The Kier molecular flexibility index (Phi) is 4.60. The lowest BCUT2D eigenvalue weighted by molar-refractivity contribution is 1.07. The van der Waals surface area contributed by atoms with E-state index in [2.05, 4.69) is 127 Å². The van der Waals surface area contributed by atoms with Crippen LogP contribution in [0.3, 0.4) is 0 Å². The lowest BCUT2D eigenvalue weighted by Gasteiger charge is -2.30. The molecule has 5 aromatic rings. The van der Waals surface area contributed by atoms with E-state index in [1.807, 2.05) is 0 Å². The van der Waals surface area contributed by atoms with Crippen LogP contribution >= 0.6 is 0 Å². The number of para-hydroxylation sites is 2. The van der Waals surface area contributed by atoms with Gasteiger partial charge in [-0.15, -0.1) is 0 Å². The molecular weight excluding hydrogens is 378 g/mol. The van der Waals surface area contributed by atoms with Gasteiger partial charge in [0.25, 0.3) is 0 Å². The third-order valence-corrected chi connectivity index (χ3v) is 8.46. The molecule has 0 fully saturated rings. The third-order valence-electron chi connectivity index (χ3n) is 6.06. The zero-order valence-corrected chi connectivity index (χ0v) is 18.8. The Morgan fingerprint density at radius 3 is 1.53 bits per heavy atom. The van der Waals surface area contributed by atoms with Crippen LogP contribution in [0.2, 0.25) is 19.6 Å². The number of fused-ring (bicyclic) bond motifs is 3. The number of aromatic nitrogens is 1. The van der Waals surface area contributed by atoms with Gasteiger partial charge < -0.3 is 4.57 Å². The molecule has 0 N–H and O–H groups in total. The summed E-state index contributed by atoms with van der Waals surface area (Å²) in [6.07, 6.45) is 0. The van der Waals surface area contributed by atoms with Gasteiger partial charge in [0.2, 0.25) is 0 Å². The van der Waals surface area contributed by atoms with Gasteiger partial charge in [-0.3, -0.25) is 0 Å². The maximum Gasteiger partial charge on any atom is 0.0573 e. The topological polar surface area (TPSA) is 4.93 Å². The van der Waals surface area contributed by atoms with Gasteiger partial charge in [0, 0.05) is 22.0 Å². The van der Waals surface area contributed by atoms with Crippen LogP contribution in [-0.4, -0.2) is 12.6 Å². The van der Waals surface area contributed by atoms with Crippen LogP contribution in [0.15, 0.2) is 103 Å². The standard InChI is InChI=1S/C28H27NSi/c1-30(2,3)28(21-11-5-4-6-12-21)22-17-19-23(20-18-22)29-26-15-9-7-13-24(26)25-14-8-10-16-27(25)29/h4-20,28H,1-3H3. The van der Waals surface area contributed by atoms with Crippen molar-refractivity contribution in [3.05, 3.63) is 114 Å². The van der Waals surface area contributed by atoms with Gasteiger partial charge in [-0.25, -0.2) is 0 Å². The third kappa shape index (κ3) is 3.18. The first-order valence-electron chi connectivity index (χ1n) is 10.7. The number of rotatable bonds is 4. The fraction of sp³-hybridized carbons (Fsp3) is 0.143. The van der Waals surface area contributed by atoms with Gasteiger partial charge in [-0.1, -0.05) is 98.5 Å². The van der Waals surface area contributed by atoms with Crippen LogP contribution in [0.5, 0.6) is 0 Å². The molecule has 1 atom stereocenters. The van der Waals surface area contributed by atoms with Crippen LogP contribution < -0.4 is 0 Å². The maximum atomic E-state index is 2.46. The molecule has 0 saturated carbocycles. The zero-order chi connectivity index (χ0) is 20.7. The van der Waals surface area contributed by atoms with Crippen molar-refractivity contribution >= 4 is 29.9 Å². The van der Waals surface area contributed by atoms with Gasteiger partial charge >= 0.3 is 0 Å². The van der Waals surface area contributed by atoms with Gasteiger partial charge in [-0.05, 0) is 35.4 Å². The number of hydrogen-bond acceptors (Lipinski definition) is 0. The molecule has 148 valence electrons. The molecule has 1 unspecified atom stereocenters. The van der Waals surface area contributed by atoms with Crippen molar-refractivity contribution in [1.29, 1.82) is 0 Å². The van der Waals surface area contributed by atoms with E-state index in [1.165, 1.54) is 38.6 Å². The van der Waals surface area contributed by atoms with Gasteiger partial charge in [0.15, 0.2) is 0 Å². The molecule has 0 aliphatic carbocycles. The Labute approximate surface area is 179 Å². The summed E-state index contributed by atoms with van der Waals surface area (Å²) >= 11 is 0. The number of hydrogen-bond donors (Lipinski definition) is 0. The molecule has 0 spiro atoms. The molecule has 0 radical (unpaired) electrons. The number of benzene rings is 4. The molecule has 0 bridgehead atoms. The summed E-state index contributed by atoms with van der Waals surface area (Å²) < 4.78 is 2.39. The highest BCUT2D eigenvalue weighted by molar-refractivity contribution is 6.78. The summed E-state index contributed by atoms with van der Waals surface area (Å²) in [6, 6.07) is 37.7. The molecule has 30 heavy (non-hydrogen) atoms. The van der Waals surface area contributed by atoms with E-state index in [0.29, 0.717) is 5.54 Å². The van der Waals surface area contributed by atoms with Crippen molar-refractivity contribution in [2.45, 2.75) is 25.2 Å². The van der Waals surface area contributed by atoms with E-state index in [4.69, 9.17) is 0 Å². The monoisotopic (exact) mass is 405 g/mol. The van der Waals surface area contributed by atoms with Crippen LogP contribution in [0.25, 0.3) is 27.5 Å². The highest BCUT2D eigenvalue weighted by Gasteiger charge is 2.29. The van der Waals surface area contributed by atoms with Crippen molar-refractivity contribution < 1.29 is 0 Å². The summed E-state index contributed by atoms with van der Waals surface area (Å²) in [4.78, 5) is 0. The first-order valence-corrected chi connectivity index (χ1v) is 14.3. The van der Waals surface area contributed by atoms with E-state index < -0.39 is 8.07 Å². The van der Waals surface area contributed by atoms with Crippen LogP contribution in [0, 0.1) is 0 Å². The minimum Gasteiger partial charge on any atom is -0.309 e. The van der Waals surface area contributed by atoms with Crippen LogP contribution in [-0.2, 0) is 0 Å². The molecule has 0 saturated heterocycles. The minimum atomic E-state index is -1.45. The number of nitrogens with zero attached hydrogens (tertiary/aromatic N) is 1. The first-order chi connectivity index (χ1) is 14.5. The molecule has 0 amide bonds. The Morgan fingerprint density at radius 1 is 0.533 bits per heavy atom. The molecular formula is C28H27NSi. The lowest BCUT2D eigenvalue weighted by Crippen LogP contribution is -2.31. The quantitative estimate of drug-likeness (QED) is 0.269. The SMILES string of the molecule is C[Si](C)(C)C(c1ccccc1)c1ccc(-n2c3ccccc3c3ccccc32)cc1. The van der Waals surface area contributed by atoms with Crippen molar-refractivity contribution in [3.63, 3.8) is 0 Å². The second-order valence-electron chi connectivity index (χ2n) is 9.17. The predicted molar refractivity (Wildman–Crippen MR) is 132 cm³/mol. The molecule has 2 heteroatoms. The Hall–Kier alpha value is -3.10. The zero-order valence-electron chi connectivity index (χ0n) is 17.8. The largest absolute Gasteiger partial charge is 0.309 e. The lowest BCUT2D eigenvalue weighted by atomic mass is 10.0. The second-order valence-corrected chi connectivity index (χ2v) is 14.5. The molecule has 0 aliphatic heterocycles. The summed E-state index contributed by atoms with van der Waals surface area (Å²) in [5, 5.41) is 2.61. The molecule has 5 rings (SSSR count). The summed E-state index contributed by atoms with van der Waals surface area (Å²) in [6.45, 7) is 7.39. The van der Waals surface area contributed by atoms with Crippen molar-refractivity contribution in [2.75, 3.05) is 0 Å². The molecule has 1 heterocycles. The van der Waals surface area contributed by atoms with Crippen molar-refractivity contribution in [1.82, 2.24) is 4.57 Å². The van der Waals surface area contributed by atoms with Gasteiger partial charge in [0.1, 0.15) is 0 Å². The van der Waals surface area contributed by atoms with Crippen molar-refractivity contribution in [2.24, 2.45) is 0 Å². The Balaban J connectivity index is 1.65. The summed E-state index contributed by atoms with van der Waals surface area (Å²) in [5.74, 6) is 0. The molecule has 0 aliphatic rings. The van der Waals surface area contributed by atoms with E-state index in [9.17, 15) is 0 Å². The molecule has 4 aromatic carbocycles. The minimum absolute atomic E-state index is 0.492.